The smallest absolute Gasteiger partial charge is 0.0611 e. The quantitative estimate of drug-likeness (QED) is 0.642. The molecule has 0 aromatic heterocycles. The molecule has 0 spiro atoms. The van der Waals surface area contributed by atoms with Crippen molar-refractivity contribution < 1.29 is 5.11 Å². The van der Waals surface area contributed by atoms with Gasteiger partial charge in [0, 0.05) is 12.0 Å². The molecule has 3 atom stereocenters. The van der Waals surface area contributed by atoms with Gasteiger partial charge in [-0.2, -0.15) is 0 Å². The maximum atomic E-state index is 9.73. The second kappa shape index (κ2) is 3.11. The summed E-state index contributed by atoms with van der Waals surface area (Å²) in [5.41, 5.74) is 5.72. The molecule has 11 heavy (non-hydrogen) atoms. The summed E-state index contributed by atoms with van der Waals surface area (Å²) < 4.78 is 0. The van der Waals surface area contributed by atoms with Crippen molar-refractivity contribution in [3.63, 3.8) is 0 Å². The molecule has 0 heterocycles. The summed E-state index contributed by atoms with van der Waals surface area (Å²) in [5.74, 6) is 0.633. The molecule has 2 heteroatoms. The summed E-state index contributed by atoms with van der Waals surface area (Å²) >= 11 is 0. The molecule has 66 valence electrons. The highest BCUT2D eigenvalue weighted by Crippen LogP contribution is 2.54. The fourth-order valence-electron chi connectivity index (χ4n) is 1.96. The van der Waals surface area contributed by atoms with E-state index in [1.165, 1.54) is 0 Å². The van der Waals surface area contributed by atoms with Crippen LogP contribution in [0.5, 0.6) is 0 Å². The van der Waals surface area contributed by atoms with Crippen LogP contribution < -0.4 is 5.73 Å². The highest BCUT2D eigenvalue weighted by Gasteiger charge is 2.54. The van der Waals surface area contributed by atoms with Crippen molar-refractivity contribution in [3.8, 4) is 0 Å². The summed E-state index contributed by atoms with van der Waals surface area (Å²) in [7, 11) is 0. The van der Waals surface area contributed by atoms with Crippen molar-refractivity contribution in [2.45, 2.75) is 39.2 Å². The van der Waals surface area contributed by atoms with Crippen LogP contribution in [0.2, 0.25) is 0 Å². The Hall–Kier alpha value is -0.0800. The second-order valence-electron chi connectivity index (χ2n) is 3.85. The summed E-state index contributed by atoms with van der Waals surface area (Å²) in [5, 5.41) is 9.73. The minimum atomic E-state index is -0.160. The Morgan fingerprint density at radius 3 is 2.55 bits per heavy atom. The van der Waals surface area contributed by atoms with Crippen LogP contribution in [-0.4, -0.2) is 17.8 Å². The van der Waals surface area contributed by atoms with E-state index < -0.39 is 0 Å². The molecule has 1 rings (SSSR count). The van der Waals surface area contributed by atoms with Gasteiger partial charge in [0.1, 0.15) is 0 Å². The van der Waals surface area contributed by atoms with Crippen molar-refractivity contribution in [2.75, 3.05) is 6.54 Å². The number of hydrogen-bond acceptors (Lipinski definition) is 2. The standard InChI is InChI=1S/C9H19NO/c1-3-4-8(11)9(6-10)5-7(9)2/h7-8,11H,3-6,10H2,1-2H3/t7-,8-,9+/m0/s1. The summed E-state index contributed by atoms with van der Waals surface area (Å²) in [6.45, 7) is 4.92. The Bertz CT molecular complexity index is 134. The molecule has 3 N–H and O–H groups in total. The number of rotatable bonds is 4. The van der Waals surface area contributed by atoms with E-state index in [4.69, 9.17) is 5.73 Å². The van der Waals surface area contributed by atoms with Crippen LogP contribution in [0.15, 0.2) is 0 Å². The van der Waals surface area contributed by atoms with E-state index in [1.54, 1.807) is 0 Å². The van der Waals surface area contributed by atoms with Crippen LogP contribution >= 0.6 is 0 Å². The molecule has 0 aromatic carbocycles. The first-order valence-electron chi connectivity index (χ1n) is 4.55. The van der Waals surface area contributed by atoms with Gasteiger partial charge in [0.05, 0.1) is 6.10 Å². The van der Waals surface area contributed by atoms with Gasteiger partial charge in [0.2, 0.25) is 0 Å². The molecule has 0 bridgehead atoms. The van der Waals surface area contributed by atoms with Gasteiger partial charge in [0.15, 0.2) is 0 Å². The minimum Gasteiger partial charge on any atom is -0.392 e. The van der Waals surface area contributed by atoms with Crippen molar-refractivity contribution in [1.29, 1.82) is 0 Å². The van der Waals surface area contributed by atoms with E-state index >= 15 is 0 Å². The van der Waals surface area contributed by atoms with Gasteiger partial charge < -0.3 is 10.8 Å². The molecule has 0 aromatic rings. The zero-order valence-corrected chi connectivity index (χ0v) is 7.51. The molecule has 0 radical (unpaired) electrons. The van der Waals surface area contributed by atoms with Crippen LogP contribution in [0.3, 0.4) is 0 Å². The Balaban J connectivity index is 2.44. The van der Waals surface area contributed by atoms with Crippen LogP contribution in [0.25, 0.3) is 0 Å². The Morgan fingerprint density at radius 1 is 1.73 bits per heavy atom. The summed E-state index contributed by atoms with van der Waals surface area (Å²) in [6.07, 6.45) is 2.91. The molecule has 1 fully saturated rings. The normalized spacial score (nSPS) is 38.7. The zero-order chi connectivity index (χ0) is 8.48. The minimum absolute atomic E-state index is 0.0933. The molecular weight excluding hydrogens is 138 g/mol. The van der Waals surface area contributed by atoms with E-state index in [0.29, 0.717) is 12.5 Å². The lowest BCUT2D eigenvalue weighted by Gasteiger charge is -2.20. The molecule has 0 unspecified atom stereocenters. The topological polar surface area (TPSA) is 46.2 Å². The van der Waals surface area contributed by atoms with Gasteiger partial charge in [-0.15, -0.1) is 0 Å². The predicted molar refractivity (Wildman–Crippen MR) is 46.2 cm³/mol. The fourth-order valence-corrected chi connectivity index (χ4v) is 1.96. The number of aliphatic hydroxyl groups is 1. The number of nitrogens with two attached hydrogens (primary N) is 1. The average Bonchev–Trinajstić information content (AvgIpc) is 2.63. The third-order valence-electron chi connectivity index (χ3n) is 3.11. The van der Waals surface area contributed by atoms with Gasteiger partial charge in [-0.05, 0) is 18.8 Å². The SMILES string of the molecule is CCC[C@H](O)[C@@]1(CN)C[C@@H]1C. The largest absolute Gasteiger partial charge is 0.392 e. The van der Waals surface area contributed by atoms with Crippen molar-refractivity contribution in [2.24, 2.45) is 17.1 Å². The lowest BCUT2D eigenvalue weighted by atomic mass is 9.93. The Kier molecular flexibility index (Phi) is 2.55. The fraction of sp³-hybridized carbons (Fsp3) is 1.00. The van der Waals surface area contributed by atoms with E-state index in [0.717, 1.165) is 19.3 Å². The first kappa shape index (κ1) is 9.01. The van der Waals surface area contributed by atoms with Crippen molar-refractivity contribution in [3.05, 3.63) is 0 Å². The van der Waals surface area contributed by atoms with E-state index in [9.17, 15) is 5.11 Å². The predicted octanol–water partition coefficient (Wildman–Crippen LogP) is 1.13. The molecule has 1 saturated carbocycles. The third-order valence-corrected chi connectivity index (χ3v) is 3.11. The van der Waals surface area contributed by atoms with Crippen molar-refractivity contribution in [1.82, 2.24) is 0 Å². The lowest BCUT2D eigenvalue weighted by Crippen LogP contribution is -2.31. The molecule has 1 aliphatic carbocycles. The average molecular weight is 157 g/mol. The highest BCUT2D eigenvalue weighted by atomic mass is 16.3. The maximum Gasteiger partial charge on any atom is 0.0611 e. The summed E-state index contributed by atoms with van der Waals surface area (Å²) in [6, 6.07) is 0. The van der Waals surface area contributed by atoms with Gasteiger partial charge in [0.25, 0.3) is 0 Å². The lowest BCUT2D eigenvalue weighted by molar-refractivity contribution is 0.0798. The van der Waals surface area contributed by atoms with E-state index in [-0.39, 0.29) is 11.5 Å². The monoisotopic (exact) mass is 157 g/mol. The molecule has 2 nitrogen and oxygen atoms in total. The highest BCUT2D eigenvalue weighted by molar-refractivity contribution is 5.05. The van der Waals surface area contributed by atoms with Gasteiger partial charge in [-0.1, -0.05) is 20.3 Å². The van der Waals surface area contributed by atoms with Crippen molar-refractivity contribution >= 4 is 0 Å². The molecular formula is C9H19NO. The van der Waals surface area contributed by atoms with Gasteiger partial charge in [-0.25, -0.2) is 0 Å². The molecule has 0 saturated heterocycles. The second-order valence-corrected chi connectivity index (χ2v) is 3.85. The molecule has 0 amide bonds. The van der Waals surface area contributed by atoms with Crippen LogP contribution in [-0.2, 0) is 0 Å². The van der Waals surface area contributed by atoms with Crippen LogP contribution in [0, 0.1) is 11.3 Å². The number of aliphatic hydroxyl groups excluding tert-OH is 1. The maximum absolute atomic E-state index is 9.73. The van der Waals surface area contributed by atoms with Crippen LogP contribution in [0.1, 0.15) is 33.1 Å². The van der Waals surface area contributed by atoms with Crippen LogP contribution in [0.4, 0.5) is 0 Å². The molecule has 0 aliphatic heterocycles. The third kappa shape index (κ3) is 1.42. The van der Waals surface area contributed by atoms with Gasteiger partial charge in [-0.3, -0.25) is 0 Å². The van der Waals surface area contributed by atoms with E-state index in [1.807, 2.05) is 0 Å². The zero-order valence-electron chi connectivity index (χ0n) is 7.51. The first-order valence-corrected chi connectivity index (χ1v) is 4.55. The summed E-state index contributed by atoms with van der Waals surface area (Å²) in [4.78, 5) is 0. The van der Waals surface area contributed by atoms with E-state index in [2.05, 4.69) is 13.8 Å². The Labute approximate surface area is 68.8 Å². The number of hydrogen-bond donors (Lipinski definition) is 2. The van der Waals surface area contributed by atoms with Gasteiger partial charge >= 0.3 is 0 Å². The Morgan fingerprint density at radius 2 is 2.27 bits per heavy atom. The first-order chi connectivity index (χ1) is 5.17. The molecule has 1 aliphatic rings.